The van der Waals surface area contributed by atoms with Crippen LogP contribution in [-0.4, -0.2) is 4.92 Å². The number of halogens is 3. The van der Waals surface area contributed by atoms with E-state index in [-0.39, 0.29) is 24.3 Å². The van der Waals surface area contributed by atoms with Crippen LogP contribution in [0.5, 0.6) is 0 Å². The van der Waals surface area contributed by atoms with E-state index in [4.69, 9.17) is 0 Å². The van der Waals surface area contributed by atoms with Gasteiger partial charge in [0.15, 0.2) is 11.6 Å². The third-order valence-electron chi connectivity index (χ3n) is 2.86. The maximum atomic E-state index is 13.4. The van der Waals surface area contributed by atoms with Crippen molar-refractivity contribution in [2.75, 3.05) is 0 Å². The minimum Gasteiger partial charge on any atom is -0.309 e. The summed E-state index contributed by atoms with van der Waals surface area (Å²) in [6.45, 7) is 0.214. The number of hydrogen-bond acceptors (Lipinski definition) is 3. The molecule has 0 aromatic heterocycles. The van der Waals surface area contributed by atoms with Gasteiger partial charge in [0.05, 0.1) is 4.92 Å². The first-order valence-corrected chi connectivity index (χ1v) is 6.05. The van der Waals surface area contributed by atoms with E-state index in [2.05, 4.69) is 5.32 Å². The lowest BCUT2D eigenvalue weighted by Crippen LogP contribution is -2.14. The lowest BCUT2D eigenvalue weighted by atomic mass is 10.1. The fourth-order valence-electron chi connectivity index (χ4n) is 1.82. The summed E-state index contributed by atoms with van der Waals surface area (Å²) < 4.78 is 39.2. The van der Waals surface area contributed by atoms with Crippen molar-refractivity contribution in [1.82, 2.24) is 5.32 Å². The lowest BCUT2D eigenvalue weighted by Gasteiger charge is -2.07. The number of benzene rings is 2. The van der Waals surface area contributed by atoms with Crippen molar-refractivity contribution < 1.29 is 18.1 Å². The zero-order chi connectivity index (χ0) is 15.4. The van der Waals surface area contributed by atoms with Gasteiger partial charge < -0.3 is 5.32 Å². The third-order valence-corrected chi connectivity index (χ3v) is 2.86. The molecule has 2 aromatic rings. The highest BCUT2D eigenvalue weighted by Gasteiger charge is 2.10. The van der Waals surface area contributed by atoms with E-state index in [0.717, 1.165) is 6.07 Å². The first-order chi connectivity index (χ1) is 9.97. The quantitative estimate of drug-likeness (QED) is 0.523. The van der Waals surface area contributed by atoms with Gasteiger partial charge in [-0.3, -0.25) is 10.1 Å². The van der Waals surface area contributed by atoms with E-state index in [9.17, 15) is 23.3 Å². The van der Waals surface area contributed by atoms with Crippen LogP contribution in [0.15, 0.2) is 36.4 Å². The molecular formula is C14H11F3N2O2. The fraction of sp³-hybridized carbons (Fsp3) is 0.143. The van der Waals surface area contributed by atoms with E-state index in [1.54, 1.807) is 6.07 Å². The number of hydrogen-bond donors (Lipinski definition) is 1. The number of nitrogens with zero attached hydrogens (tertiary/aromatic N) is 1. The minimum absolute atomic E-state index is 0.0145. The highest BCUT2D eigenvalue weighted by Crippen LogP contribution is 2.15. The third kappa shape index (κ3) is 3.79. The van der Waals surface area contributed by atoms with Crippen molar-refractivity contribution in [2.45, 2.75) is 13.1 Å². The van der Waals surface area contributed by atoms with Crippen molar-refractivity contribution in [3.05, 3.63) is 75.1 Å². The Kier molecular flexibility index (Phi) is 4.54. The Balaban J connectivity index is 2.00. The number of non-ortho nitro benzene ring substituents is 1. The summed E-state index contributed by atoms with van der Waals surface area (Å²) in [4.78, 5) is 10.1. The van der Waals surface area contributed by atoms with Gasteiger partial charge in [-0.25, -0.2) is 13.2 Å². The number of rotatable bonds is 5. The van der Waals surface area contributed by atoms with Crippen molar-refractivity contribution in [1.29, 1.82) is 0 Å². The average molecular weight is 296 g/mol. The molecule has 0 unspecified atom stereocenters. The summed E-state index contributed by atoms with van der Waals surface area (Å²) in [5.41, 5.74) is 0.569. The Morgan fingerprint density at radius 2 is 1.71 bits per heavy atom. The van der Waals surface area contributed by atoms with Gasteiger partial charge in [0.1, 0.15) is 5.82 Å². The molecule has 21 heavy (non-hydrogen) atoms. The summed E-state index contributed by atoms with van der Waals surface area (Å²) in [6.07, 6.45) is 0. The van der Waals surface area contributed by atoms with Gasteiger partial charge in [0.25, 0.3) is 5.69 Å². The van der Waals surface area contributed by atoms with Gasteiger partial charge in [0, 0.05) is 36.9 Å². The van der Waals surface area contributed by atoms with Crippen molar-refractivity contribution in [3.63, 3.8) is 0 Å². The van der Waals surface area contributed by atoms with E-state index >= 15 is 0 Å². The molecule has 2 rings (SSSR count). The van der Waals surface area contributed by atoms with Gasteiger partial charge in [0.2, 0.25) is 0 Å². The fourth-order valence-corrected chi connectivity index (χ4v) is 1.82. The van der Waals surface area contributed by atoms with E-state index in [1.165, 1.54) is 18.2 Å². The predicted molar refractivity (Wildman–Crippen MR) is 70.0 cm³/mol. The molecule has 0 aliphatic heterocycles. The smallest absolute Gasteiger partial charge is 0.269 e. The van der Waals surface area contributed by atoms with Crippen LogP contribution in [0.2, 0.25) is 0 Å². The number of nitro benzene ring substituents is 1. The molecule has 0 fully saturated rings. The molecule has 0 bridgehead atoms. The van der Waals surface area contributed by atoms with Crippen LogP contribution in [0.3, 0.4) is 0 Å². The van der Waals surface area contributed by atoms with E-state index in [1.807, 2.05) is 0 Å². The van der Waals surface area contributed by atoms with Crippen LogP contribution in [-0.2, 0) is 13.1 Å². The van der Waals surface area contributed by atoms with Crippen molar-refractivity contribution in [3.8, 4) is 0 Å². The highest BCUT2D eigenvalue weighted by atomic mass is 19.2. The first-order valence-electron chi connectivity index (χ1n) is 6.05. The van der Waals surface area contributed by atoms with Gasteiger partial charge in [-0.15, -0.1) is 0 Å². The van der Waals surface area contributed by atoms with Gasteiger partial charge in [-0.1, -0.05) is 12.1 Å². The monoisotopic (exact) mass is 296 g/mol. The van der Waals surface area contributed by atoms with Crippen LogP contribution >= 0.6 is 0 Å². The Bertz CT molecular complexity index is 677. The molecule has 4 nitrogen and oxygen atoms in total. The normalized spacial score (nSPS) is 10.6. The van der Waals surface area contributed by atoms with E-state index in [0.29, 0.717) is 11.6 Å². The molecule has 0 radical (unpaired) electrons. The standard InChI is InChI=1S/C14H11F3N2O2/c15-12-6-14(17)13(16)5-10(12)8-18-7-9-2-1-3-11(4-9)19(20)21/h1-6,18H,7-8H2. The molecule has 0 atom stereocenters. The molecule has 110 valence electrons. The maximum Gasteiger partial charge on any atom is 0.269 e. The van der Waals surface area contributed by atoms with Gasteiger partial charge in [-0.2, -0.15) is 0 Å². The Labute approximate surface area is 118 Å². The molecule has 0 aliphatic carbocycles. The van der Waals surface area contributed by atoms with Gasteiger partial charge >= 0.3 is 0 Å². The second-order valence-electron chi connectivity index (χ2n) is 4.39. The molecule has 0 amide bonds. The second-order valence-corrected chi connectivity index (χ2v) is 4.39. The first kappa shape index (κ1) is 15.0. The van der Waals surface area contributed by atoms with Crippen molar-refractivity contribution in [2.24, 2.45) is 0 Å². The molecule has 0 spiro atoms. The Hall–Kier alpha value is -2.41. The molecule has 1 N–H and O–H groups in total. The summed E-state index contributed by atoms with van der Waals surface area (Å²) in [5, 5.41) is 13.4. The zero-order valence-corrected chi connectivity index (χ0v) is 10.8. The average Bonchev–Trinajstić information content (AvgIpc) is 2.44. The van der Waals surface area contributed by atoms with Crippen LogP contribution in [0.4, 0.5) is 18.9 Å². The summed E-state index contributed by atoms with van der Waals surface area (Å²) in [5.74, 6) is -3.21. The van der Waals surface area contributed by atoms with E-state index < -0.39 is 22.4 Å². The molecule has 2 aromatic carbocycles. The highest BCUT2D eigenvalue weighted by molar-refractivity contribution is 5.34. The van der Waals surface area contributed by atoms with Crippen LogP contribution in [0.25, 0.3) is 0 Å². The van der Waals surface area contributed by atoms with Crippen molar-refractivity contribution >= 4 is 5.69 Å². The molecule has 0 aliphatic rings. The van der Waals surface area contributed by atoms with Gasteiger partial charge in [-0.05, 0) is 11.6 Å². The Morgan fingerprint density at radius 1 is 1.00 bits per heavy atom. The molecule has 0 heterocycles. The number of nitrogens with one attached hydrogen (secondary N) is 1. The Morgan fingerprint density at radius 3 is 2.43 bits per heavy atom. The minimum atomic E-state index is -1.24. The summed E-state index contributed by atoms with van der Waals surface area (Å²) in [7, 11) is 0. The maximum absolute atomic E-state index is 13.4. The largest absolute Gasteiger partial charge is 0.309 e. The SMILES string of the molecule is O=[N+]([O-])c1cccc(CNCc2cc(F)c(F)cc2F)c1. The molecular weight excluding hydrogens is 285 g/mol. The number of nitro groups is 1. The summed E-state index contributed by atoms with van der Waals surface area (Å²) >= 11 is 0. The summed E-state index contributed by atoms with van der Waals surface area (Å²) in [6, 6.07) is 7.22. The van der Waals surface area contributed by atoms with Crippen LogP contribution in [0.1, 0.15) is 11.1 Å². The second kappa shape index (κ2) is 6.36. The predicted octanol–water partition coefficient (Wildman–Crippen LogP) is 3.30. The zero-order valence-electron chi connectivity index (χ0n) is 10.8. The lowest BCUT2D eigenvalue weighted by molar-refractivity contribution is -0.384. The topological polar surface area (TPSA) is 55.2 Å². The molecule has 7 heteroatoms. The van der Waals surface area contributed by atoms with Crippen LogP contribution < -0.4 is 5.32 Å². The molecule has 0 saturated heterocycles. The van der Waals surface area contributed by atoms with Crippen LogP contribution in [0, 0.1) is 27.6 Å². The molecule has 0 saturated carbocycles.